The van der Waals surface area contributed by atoms with Crippen molar-refractivity contribution in [2.75, 3.05) is 0 Å². The van der Waals surface area contributed by atoms with Crippen LogP contribution in [-0.4, -0.2) is 25.5 Å². The molecule has 1 aromatic carbocycles. The Bertz CT molecular complexity index is 522. The first-order valence-corrected chi connectivity index (χ1v) is 7.40. The number of hydrogen-bond donors (Lipinski definition) is 2. The zero-order valence-electron chi connectivity index (χ0n) is 9.74. The van der Waals surface area contributed by atoms with Gasteiger partial charge in [0, 0.05) is 0 Å². The maximum Gasteiger partial charge on any atom is 0.322 e. The van der Waals surface area contributed by atoms with Crippen LogP contribution in [0.2, 0.25) is 0 Å². The summed E-state index contributed by atoms with van der Waals surface area (Å²) in [5.41, 5.74) is 0.643. The lowest BCUT2D eigenvalue weighted by molar-refractivity contribution is -0.139. The molecule has 1 fully saturated rings. The fraction of sp³-hybridized carbons (Fsp3) is 0.417. The summed E-state index contributed by atoms with van der Waals surface area (Å²) in [5, 5.41) is 8.99. The third-order valence-electron chi connectivity index (χ3n) is 2.87. The van der Waals surface area contributed by atoms with E-state index in [1.807, 2.05) is 0 Å². The molecular formula is C12H15NO4S. The molecule has 18 heavy (non-hydrogen) atoms. The lowest BCUT2D eigenvalue weighted by Crippen LogP contribution is -2.42. The predicted octanol–water partition coefficient (Wildman–Crippen LogP) is 0.969. The minimum Gasteiger partial charge on any atom is -0.480 e. The summed E-state index contributed by atoms with van der Waals surface area (Å²) in [5.74, 6) is -1.35. The minimum atomic E-state index is -3.61. The van der Waals surface area contributed by atoms with Crippen molar-refractivity contribution in [1.82, 2.24) is 4.72 Å². The van der Waals surface area contributed by atoms with Crippen molar-refractivity contribution in [3.8, 4) is 0 Å². The van der Waals surface area contributed by atoms with Gasteiger partial charge in [0.2, 0.25) is 10.0 Å². The van der Waals surface area contributed by atoms with Crippen LogP contribution in [-0.2, 0) is 20.6 Å². The first kappa shape index (κ1) is 13.0. The van der Waals surface area contributed by atoms with Crippen LogP contribution in [0.3, 0.4) is 0 Å². The van der Waals surface area contributed by atoms with Gasteiger partial charge in [-0.2, -0.15) is 0 Å². The molecule has 1 saturated carbocycles. The van der Waals surface area contributed by atoms with E-state index in [2.05, 4.69) is 4.72 Å². The van der Waals surface area contributed by atoms with Gasteiger partial charge in [-0.15, -0.1) is 0 Å². The highest BCUT2D eigenvalue weighted by atomic mass is 32.2. The molecule has 0 bridgehead atoms. The molecule has 0 heterocycles. The van der Waals surface area contributed by atoms with Crippen LogP contribution >= 0.6 is 0 Å². The largest absolute Gasteiger partial charge is 0.480 e. The van der Waals surface area contributed by atoms with Crippen molar-refractivity contribution in [2.45, 2.75) is 24.6 Å². The second-order valence-electron chi connectivity index (χ2n) is 4.52. The van der Waals surface area contributed by atoms with Gasteiger partial charge in [-0.25, -0.2) is 13.1 Å². The van der Waals surface area contributed by atoms with Crippen molar-refractivity contribution in [3.05, 3.63) is 35.9 Å². The fourth-order valence-electron chi connectivity index (χ4n) is 1.81. The third kappa shape index (κ3) is 3.54. The molecular weight excluding hydrogens is 254 g/mol. The molecule has 2 rings (SSSR count). The molecule has 0 aliphatic heterocycles. The molecule has 5 nitrogen and oxygen atoms in total. The van der Waals surface area contributed by atoms with E-state index in [0.29, 0.717) is 5.56 Å². The first-order valence-electron chi connectivity index (χ1n) is 5.75. The summed E-state index contributed by atoms with van der Waals surface area (Å²) in [7, 11) is -3.61. The molecule has 0 radical (unpaired) electrons. The molecule has 6 heteroatoms. The van der Waals surface area contributed by atoms with E-state index >= 15 is 0 Å². The van der Waals surface area contributed by atoms with Gasteiger partial charge in [0.25, 0.3) is 0 Å². The Morgan fingerprint density at radius 3 is 2.44 bits per heavy atom. The second kappa shape index (κ2) is 5.07. The Labute approximate surface area is 106 Å². The average molecular weight is 269 g/mol. The van der Waals surface area contributed by atoms with Crippen molar-refractivity contribution in [2.24, 2.45) is 5.92 Å². The van der Waals surface area contributed by atoms with E-state index in [1.165, 1.54) is 0 Å². The van der Waals surface area contributed by atoms with Gasteiger partial charge in [0.15, 0.2) is 0 Å². The van der Waals surface area contributed by atoms with E-state index in [0.717, 1.165) is 12.8 Å². The number of carbonyl (C=O) groups is 1. The number of hydrogen-bond acceptors (Lipinski definition) is 3. The number of rotatable bonds is 6. The quantitative estimate of drug-likeness (QED) is 0.806. The molecule has 98 valence electrons. The number of nitrogens with one attached hydrogen (secondary N) is 1. The summed E-state index contributed by atoms with van der Waals surface area (Å²) >= 11 is 0. The highest BCUT2D eigenvalue weighted by Crippen LogP contribution is 2.33. The van der Waals surface area contributed by atoms with Crippen LogP contribution < -0.4 is 4.72 Å². The van der Waals surface area contributed by atoms with Gasteiger partial charge in [0.05, 0.1) is 5.75 Å². The van der Waals surface area contributed by atoms with Crippen LogP contribution in [0.1, 0.15) is 18.4 Å². The lowest BCUT2D eigenvalue weighted by Gasteiger charge is -2.13. The molecule has 1 atom stereocenters. The normalized spacial score (nSPS) is 17.3. The Kier molecular flexibility index (Phi) is 3.68. The Morgan fingerprint density at radius 2 is 1.94 bits per heavy atom. The summed E-state index contributed by atoms with van der Waals surface area (Å²) in [4.78, 5) is 11.0. The van der Waals surface area contributed by atoms with E-state index in [1.54, 1.807) is 30.3 Å². The summed E-state index contributed by atoms with van der Waals surface area (Å²) < 4.78 is 26.0. The van der Waals surface area contributed by atoms with Gasteiger partial charge < -0.3 is 5.11 Å². The standard InChI is InChI=1S/C12H15NO4S/c14-12(15)11(10-6-7-10)13-18(16,17)8-9-4-2-1-3-5-9/h1-5,10-11,13H,6-8H2,(H,14,15). The smallest absolute Gasteiger partial charge is 0.322 e. The molecule has 1 aromatic rings. The van der Waals surface area contributed by atoms with Gasteiger partial charge >= 0.3 is 5.97 Å². The highest BCUT2D eigenvalue weighted by Gasteiger charge is 2.38. The Hall–Kier alpha value is -1.40. The lowest BCUT2D eigenvalue weighted by atomic mass is 10.2. The van der Waals surface area contributed by atoms with E-state index < -0.39 is 22.0 Å². The van der Waals surface area contributed by atoms with E-state index in [4.69, 9.17) is 5.11 Å². The summed E-state index contributed by atoms with van der Waals surface area (Å²) in [6, 6.07) is 7.71. The van der Waals surface area contributed by atoms with Gasteiger partial charge in [-0.3, -0.25) is 4.79 Å². The van der Waals surface area contributed by atoms with Gasteiger partial charge in [-0.1, -0.05) is 30.3 Å². The fourth-order valence-corrected chi connectivity index (χ4v) is 3.20. The maximum absolute atomic E-state index is 11.9. The third-order valence-corrected chi connectivity index (χ3v) is 4.19. The zero-order valence-corrected chi connectivity index (χ0v) is 10.6. The monoisotopic (exact) mass is 269 g/mol. The maximum atomic E-state index is 11.9. The van der Waals surface area contributed by atoms with Crippen LogP contribution in [0.25, 0.3) is 0 Å². The average Bonchev–Trinajstić information content (AvgIpc) is 3.10. The van der Waals surface area contributed by atoms with Crippen molar-refractivity contribution >= 4 is 16.0 Å². The molecule has 2 N–H and O–H groups in total. The Balaban J connectivity index is 2.04. The van der Waals surface area contributed by atoms with Crippen molar-refractivity contribution < 1.29 is 18.3 Å². The van der Waals surface area contributed by atoms with Crippen molar-refractivity contribution in [3.63, 3.8) is 0 Å². The molecule has 1 unspecified atom stereocenters. The molecule has 1 aliphatic carbocycles. The Morgan fingerprint density at radius 1 is 1.33 bits per heavy atom. The predicted molar refractivity (Wildman–Crippen MR) is 66.3 cm³/mol. The second-order valence-corrected chi connectivity index (χ2v) is 6.27. The molecule has 0 aromatic heterocycles. The number of carboxylic acids is 1. The van der Waals surface area contributed by atoms with Gasteiger partial charge in [-0.05, 0) is 24.3 Å². The zero-order chi connectivity index (χ0) is 13.2. The molecule has 0 spiro atoms. The molecule has 1 aliphatic rings. The van der Waals surface area contributed by atoms with Crippen LogP contribution in [0.5, 0.6) is 0 Å². The number of benzene rings is 1. The summed E-state index contributed by atoms with van der Waals surface area (Å²) in [6.45, 7) is 0. The minimum absolute atomic E-state index is 0.0620. The van der Waals surface area contributed by atoms with Crippen LogP contribution in [0.15, 0.2) is 30.3 Å². The number of carboxylic acid groups (broad SMARTS) is 1. The van der Waals surface area contributed by atoms with Crippen molar-refractivity contribution in [1.29, 1.82) is 0 Å². The van der Waals surface area contributed by atoms with Gasteiger partial charge in [0.1, 0.15) is 6.04 Å². The number of aliphatic carboxylic acids is 1. The SMILES string of the molecule is O=C(O)C(NS(=O)(=O)Cc1ccccc1)C1CC1. The first-order chi connectivity index (χ1) is 8.48. The van der Waals surface area contributed by atoms with E-state index in [9.17, 15) is 13.2 Å². The topological polar surface area (TPSA) is 83.5 Å². The van der Waals surface area contributed by atoms with E-state index in [-0.39, 0.29) is 11.7 Å². The van der Waals surface area contributed by atoms with Crippen LogP contribution in [0, 0.1) is 5.92 Å². The number of sulfonamides is 1. The highest BCUT2D eigenvalue weighted by molar-refractivity contribution is 7.88. The summed E-state index contributed by atoms with van der Waals surface area (Å²) in [6.07, 6.45) is 1.54. The molecule has 0 amide bonds. The molecule has 0 saturated heterocycles. The van der Waals surface area contributed by atoms with Crippen LogP contribution in [0.4, 0.5) is 0 Å².